The first-order chi connectivity index (χ1) is 11.4. The number of carbonyl (C=O) groups excluding carboxylic acids is 3. The van der Waals surface area contributed by atoms with Crippen molar-refractivity contribution >= 4 is 17.7 Å². The zero-order valence-electron chi connectivity index (χ0n) is 14.1. The predicted molar refractivity (Wildman–Crippen MR) is 86.6 cm³/mol. The van der Waals surface area contributed by atoms with Crippen molar-refractivity contribution < 1.29 is 19.1 Å². The number of likely N-dealkylation sites (N-methyl/N-ethyl adjacent to an activating group) is 1. The molecule has 7 nitrogen and oxygen atoms in total. The molecule has 1 aromatic carbocycles. The van der Waals surface area contributed by atoms with E-state index in [1.165, 1.54) is 4.90 Å². The summed E-state index contributed by atoms with van der Waals surface area (Å²) in [4.78, 5) is 42.3. The maximum Gasteiger partial charge on any atom is 0.254 e. The molecule has 0 bridgehead atoms. The molecule has 3 amide bonds. The molecule has 3 rings (SSSR count). The van der Waals surface area contributed by atoms with Gasteiger partial charge in [0.2, 0.25) is 11.8 Å². The molecule has 0 unspecified atom stereocenters. The summed E-state index contributed by atoms with van der Waals surface area (Å²) in [5, 5.41) is 0. The lowest BCUT2D eigenvalue weighted by Crippen LogP contribution is -2.69. The quantitative estimate of drug-likeness (QED) is 0.777. The average molecular weight is 331 g/mol. The lowest BCUT2D eigenvalue weighted by atomic mass is 10.0. The summed E-state index contributed by atoms with van der Waals surface area (Å²) in [6, 6.07) is 5.88. The molecule has 0 N–H and O–H groups in total. The second-order valence-corrected chi connectivity index (χ2v) is 6.16. The minimum absolute atomic E-state index is 0.0596. The predicted octanol–water partition coefficient (Wildman–Crippen LogP) is 0.209. The molecular weight excluding hydrogens is 310 g/mol. The number of nitrogens with zero attached hydrogens (tertiary/aromatic N) is 3. The second-order valence-electron chi connectivity index (χ2n) is 6.16. The number of hydrogen-bond acceptors (Lipinski definition) is 4. The van der Waals surface area contributed by atoms with Crippen LogP contribution in [0.3, 0.4) is 0 Å². The van der Waals surface area contributed by atoms with Crippen LogP contribution in [0.2, 0.25) is 0 Å². The minimum atomic E-state index is -0.595. The van der Waals surface area contributed by atoms with Crippen LogP contribution in [0.15, 0.2) is 24.3 Å². The molecule has 0 aliphatic carbocycles. The SMILES string of the molecule is COc1cccc(C(=O)N2CCN3C(=O)[C@H](C)N(C)C(=O)[C@H]3C2)c1. The fourth-order valence-corrected chi connectivity index (χ4v) is 3.21. The largest absolute Gasteiger partial charge is 0.497 e. The summed E-state index contributed by atoms with van der Waals surface area (Å²) in [5.41, 5.74) is 0.513. The van der Waals surface area contributed by atoms with Crippen LogP contribution in [-0.2, 0) is 9.59 Å². The molecule has 24 heavy (non-hydrogen) atoms. The van der Waals surface area contributed by atoms with Crippen molar-refractivity contribution in [2.45, 2.75) is 19.0 Å². The molecular formula is C17H21N3O4. The van der Waals surface area contributed by atoms with Crippen LogP contribution in [0.1, 0.15) is 17.3 Å². The monoisotopic (exact) mass is 331 g/mol. The number of fused-ring (bicyclic) bond motifs is 1. The summed E-state index contributed by atoms with van der Waals surface area (Å²) in [5.74, 6) is 0.271. The first kappa shape index (κ1) is 16.3. The Hall–Kier alpha value is -2.57. The zero-order chi connectivity index (χ0) is 17.4. The summed E-state index contributed by atoms with van der Waals surface area (Å²) in [6.07, 6.45) is 0. The Kier molecular flexibility index (Phi) is 4.17. The molecule has 2 heterocycles. The van der Waals surface area contributed by atoms with Crippen LogP contribution in [0.5, 0.6) is 5.75 Å². The fourth-order valence-electron chi connectivity index (χ4n) is 3.21. The van der Waals surface area contributed by atoms with Crippen LogP contribution in [0.4, 0.5) is 0 Å². The lowest BCUT2D eigenvalue weighted by Gasteiger charge is -2.47. The molecule has 7 heteroatoms. The normalized spacial score (nSPS) is 24.0. The van der Waals surface area contributed by atoms with Gasteiger partial charge in [0.15, 0.2) is 0 Å². The van der Waals surface area contributed by atoms with Gasteiger partial charge in [0.25, 0.3) is 5.91 Å². The van der Waals surface area contributed by atoms with Crippen molar-refractivity contribution in [3.05, 3.63) is 29.8 Å². The molecule has 1 aromatic rings. The molecule has 128 valence electrons. The van der Waals surface area contributed by atoms with E-state index < -0.39 is 12.1 Å². The molecule has 2 saturated heterocycles. The molecule has 2 aliphatic rings. The summed E-state index contributed by atoms with van der Waals surface area (Å²) < 4.78 is 5.15. The van der Waals surface area contributed by atoms with Gasteiger partial charge in [0, 0.05) is 25.7 Å². The van der Waals surface area contributed by atoms with E-state index in [9.17, 15) is 14.4 Å². The van der Waals surface area contributed by atoms with E-state index in [1.807, 2.05) is 0 Å². The average Bonchev–Trinajstić information content (AvgIpc) is 2.63. The number of amides is 3. The first-order valence-electron chi connectivity index (χ1n) is 7.94. The van der Waals surface area contributed by atoms with Gasteiger partial charge in [-0.25, -0.2) is 0 Å². The van der Waals surface area contributed by atoms with Crippen LogP contribution in [-0.4, -0.2) is 78.3 Å². The summed E-state index contributed by atoms with van der Waals surface area (Å²) in [7, 11) is 3.18. The highest BCUT2D eigenvalue weighted by Gasteiger charge is 2.45. The van der Waals surface area contributed by atoms with Gasteiger partial charge in [0.1, 0.15) is 17.8 Å². The molecule has 2 atom stereocenters. The van der Waals surface area contributed by atoms with E-state index in [0.29, 0.717) is 24.4 Å². The van der Waals surface area contributed by atoms with E-state index in [1.54, 1.807) is 55.1 Å². The van der Waals surface area contributed by atoms with E-state index in [4.69, 9.17) is 4.74 Å². The molecule has 0 spiro atoms. The van der Waals surface area contributed by atoms with Gasteiger partial charge in [-0.3, -0.25) is 14.4 Å². The van der Waals surface area contributed by atoms with E-state index in [-0.39, 0.29) is 24.3 Å². The maximum atomic E-state index is 12.7. The molecule has 2 fully saturated rings. The maximum absolute atomic E-state index is 12.7. The van der Waals surface area contributed by atoms with Crippen molar-refractivity contribution in [3.63, 3.8) is 0 Å². The lowest BCUT2D eigenvalue weighted by molar-refractivity contribution is -0.162. The smallest absolute Gasteiger partial charge is 0.254 e. The molecule has 0 aromatic heterocycles. The summed E-state index contributed by atoms with van der Waals surface area (Å²) in [6.45, 7) is 2.74. The van der Waals surface area contributed by atoms with E-state index >= 15 is 0 Å². The van der Waals surface area contributed by atoms with Gasteiger partial charge in [-0.05, 0) is 25.1 Å². The Bertz CT molecular complexity index is 690. The van der Waals surface area contributed by atoms with Crippen molar-refractivity contribution in [1.82, 2.24) is 14.7 Å². The van der Waals surface area contributed by atoms with Crippen molar-refractivity contribution in [1.29, 1.82) is 0 Å². The summed E-state index contributed by atoms with van der Waals surface area (Å²) >= 11 is 0. The van der Waals surface area contributed by atoms with E-state index in [2.05, 4.69) is 0 Å². The van der Waals surface area contributed by atoms with Crippen molar-refractivity contribution in [3.8, 4) is 5.75 Å². The van der Waals surface area contributed by atoms with Crippen LogP contribution >= 0.6 is 0 Å². The van der Waals surface area contributed by atoms with Gasteiger partial charge in [-0.15, -0.1) is 0 Å². The number of ether oxygens (including phenoxy) is 1. The first-order valence-corrected chi connectivity index (χ1v) is 7.94. The molecule has 2 aliphatic heterocycles. The van der Waals surface area contributed by atoms with Crippen LogP contribution < -0.4 is 4.74 Å². The van der Waals surface area contributed by atoms with Gasteiger partial charge in [-0.1, -0.05) is 6.07 Å². The van der Waals surface area contributed by atoms with E-state index in [0.717, 1.165) is 0 Å². The standard InChI is InChI=1S/C17H21N3O4/c1-11-15(21)20-8-7-19(10-14(20)17(23)18(11)2)16(22)12-5-4-6-13(9-12)24-3/h4-6,9,11,14H,7-8,10H2,1-3H3/t11-,14+/m0/s1. The fraction of sp³-hybridized carbons (Fsp3) is 0.471. The van der Waals surface area contributed by atoms with Crippen LogP contribution in [0.25, 0.3) is 0 Å². The number of piperazine rings is 2. The zero-order valence-corrected chi connectivity index (χ0v) is 14.1. The van der Waals surface area contributed by atoms with Gasteiger partial charge in [-0.2, -0.15) is 0 Å². The highest BCUT2D eigenvalue weighted by Crippen LogP contribution is 2.22. The Morgan fingerprint density at radius 1 is 1.21 bits per heavy atom. The minimum Gasteiger partial charge on any atom is -0.497 e. The molecule has 0 saturated carbocycles. The highest BCUT2D eigenvalue weighted by molar-refractivity contribution is 5.99. The van der Waals surface area contributed by atoms with Crippen molar-refractivity contribution in [2.24, 2.45) is 0 Å². The number of rotatable bonds is 2. The Labute approximate surface area is 140 Å². The third-order valence-corrected chi connectivity index (χ3v) is 4.84. The van der Waals surface area contributed by atoms with Crippen molar-refractivity contribution in [2.75, 3.05) is 33.8 Å². The van der Waals surface area contributed by atoms with Gasteiger partial charge in [0.05, 0.1) is 13.7 Å². The number of hydrogen-bond donors (Lipinski definition) is 0. The Morgan fingerprint density at radius 3 is 2.67 bits per heavy atom. The Morgan fingerprint density at radius 2 is 1.96 bits per heavy atom. The second kappa shape index (κ2) is 6.14. The number of methoxy groups -OCH3 is 1. The number of benzene rings is 1. The van der Waals surface area contributed by atoms with Crippen LogP contribution in [0, 0.1) is 0 Å². The molecule has 0 radical (unpaired) electrons. The number of carbonyl (C=O) groups is 3. The van der Waals surface area contributed by atoms with Gasteiger partial charge < -0.3 is 19.4 Å². The third-order valence-electron chi connectivity index (χ3n) is 4.84. The Balaban J connectivity index is 1.79. The third kappa shape index (κ3) is 2.60. The van der Waals surface area contributed by atoms with Gasteiger partial charge >= 0.3 is 0 Å². The highest BCUT2D eigenvalue weighted by atomic mass is 16.5. The topological polar surface area (TPSA) is 70.2 Å².